The number of aryl methyl sites for hydroxylation is 1. The summed E-state index contributed by atoms with van der Waals surface area (Å²) < 4.78 is 2.44. The maximum Gasteiger partial charge on any atom is 0.0620 e. The summed E-state index contributed by atoms with van der Waals surface area (Å²) in [4.78, 5) is 0. The number of para-hydroxylation sites is 2. The summed E-state index contributed by atoms with van der Waals surface area (Å²) in [6.07, 6.45) is 2.33. The van der Waals surface area contributed by atoms with Gasteiger partial charge in [0.25, 0.3) is 0 Å². The molecule has 22 heavy (non-hydrogen) atoms. The fraction of sp³-hybridized carbons (Fsp3) is 0.143. The summed E-state index contributed by atoms with van der Waals surface area (Å²) in [5, 5.41) is 5.53. The van der Waals surface area contributed by atoms with E-state index in [-0.39, 0.29) is 0 Å². The molecule has 1 nitrogen and oxygen atoms in total. The van der Waals surface area contributed by atoms with E-state index in [4.69, 9.17) is 0 Å². The lowest BCUT2D eigenvalue weighted by Crippen LogP contribution is -1.83. The first-order chi connectivity index (χ1) is 10.9. The Morgan fingerprint density at radius 2 is 1.27 bits per heavy atom. The van der Waals surface area contributed by atoms with Crippen molar-refractivity contribution >= 4 is 38.1 Å². The van der Waals surface area contributed by atoms with Crippen LogP contribution in [0.3, 0.4) is 0 Å². The Bertz CT molecular complexity index is 1050. The molecule has 0 saturated carbocycles. The highest BCUT2D eigenvalue weighted by molar-refractivity contribution is 6.23. The minimum atomic E-state index is 1.14. The number of rotatable bonds is 2. The van der Waals surface area contributed by atoms with Crippen LogP contribution in [0.2, 0.25) is 0 Å². The molecule has 0 aliphatic carbocycles. The van der Waals surface area contributed by atoms with E-state index in [1.165, 1.54) is 50.1 Å². The monoisotopic (exact) mass is 283 g/mol. The molecule has 0 saturated heterocycles. The molecule has 0 N–H and O–H groups in total. The van der Waals surface area contributed by atoms with Gasteiger partial charge in [-0.25, -0.2) is 0 Å². The number of hydrogen-bond acceptors (Lipinski definition) is 0. The number of fused-ring (bicyclic) bond motifs is 6. The Morgan fingerprint density at radius 3 is 1.82 bits per heavy atom. The molecule has 0 bridgehead atoms. The van der Waals surface area contributed by atoms with Crippen molar-refractivity contribution in [3.8, 4) is 0 Å². The molecule has 106 valence electrons. The van der Waals surface area contributed by atoms with E-state index >= 15 is 0 Å². The fourth-order valence-electron chi connectivity index (χ4n) is 3.94. The second-order valence-electron chi connectivity index (χ2n) is 6.16. The lowest BCUT2D eigenvalue weighted by Gasteiger charge is -2.01. The maximum atomic E-state index is 2.44. The van der Waals surface area contributed by atoms with Crippen LogP contribution < -0.4 is 0 Å². The molecule has 5 aromatic rings. The minimum absolute atomic E-state index is 1.14. The molecular weight excluding hydrogens is 266 g/mol. The van der Waals surface area contributed by atoms with Crippen molar-refractivity contribution in [2.75, 3.05) is 0 Å². The van der Waals surface area contributed by atoms with Gasteiger partial charge in [0, 0.05) is 21.5 Å². The van der Waals surface area contributed by atoms with Crippen molar-refractivity contribution in [1.29, 1.82) is 0 Å². The molecular formula is C21H17N. The van der Waals surface area contributed by atoms with Crippen LogP contribution >= 0.6 is 0 Å². The summed E-state index contributed by atoms with van der Waals surface area (Å²) in [5.41, 5.74) is 5.46. The number of hydrogen-bond donors (Lipinski definition) is 0. The van der Waals surface area contributed by atoms with Crippen LogP contribution in [-0.2, 0) is 6.42 Å². The molecule has 0 aliphatic rings. The molecule has 0 radical (unpaired) electrons. The minimum Gasteiger partial charge on any atom is -0.308 e. The highest BCUT2D eigenvalue weighted by atomic mass is 14.9. The molecule has 2 heterocycles. The van der Waals surface area contributed by atoms with E-state index in [0.717, 1.165) is 6.42 Å². The van der Waals surface area contributed by atoms with Crippen LogP contribution in [0.1, 0.15) is 18.9 Å². The predicted octanol–water partition coefficient (Wildman–Crippen LogP) is 5.79. The molecule has 3 aromatic carbocycles. The van der Waals surface area contributed by atoms with Gasteiger partial charge in [0.05, 0.1) is 16.6 Å². The lowest BCUT2D eigenvalue weighted by molar-refractivity contribution is 0.925. The quantitative estimate of drug-likeness (QED) is 0.386. The average Bonchev–Trinajstić information content (AvgIpc) is 3.06. The van der Waals surface area contributed by atoms with E-state index in [2.05, 4.69) is 72.0 Å². The van der Waals surface area contributed by atoms with Gasteiger partial charge in [-0.05, 0) is 36.2 Å². The second kappa shape index (κ2) is 4.23. The van der Waals surface area contributed by atoms with Gasteiger partial charge in [-0.2, -0.15) is 0 Å². The zero-order chi connectivity index (χ0) is 14.7. The normalized spacial score (nSPS) is 12.2. The molecule has 0 amide bonds. The summed E-state index contributed by atoms with van der Waals surface area (Å²) in [7, 11) is 0. The van der Waals surface area contributed by atoms with E-state index in [1.807, 2.05) is 0 Å². The van der Waals surface area contributed by atoms with Crippen LogP contribution in [0.5, 0.6) is 0 Å². The van der Waals surface area contributed by atoms with Gasteiger partial charge < -0.3 is 4.40 Å². The van der Waals surface area contributed by atoms with Gasteiger partial charge in [0.1, 0.15) is 0 Å². The summed E-state index contributed by atoms with van der Waals surface area (Å²) >= 11 is 0. The number of aromatic nitrogens is 1. The molecule has 0 unspecified atom stereocenters. The summed E-state index contributed by atoms with van der Waals surface area (Å²) in [5.74, 6) is 0. The molecule has 0 aliphatic heterocycles. The molecule has 2 aromatic heterocycles. The average molecular weight is 283 g/mol. The largest absolute Gasteiger partial charge is 0.308 e. The number of nitrogens with zero attached hydrogens (tertiary/aromatic N) is 1. The molecule has 0 fully saturated rings. The van der Waals surface area contributed by atoms with Crippen LogP contribution in [0.4, 0.5) is 0 Å². The van der Waals surface area contributed by atoms with Gasteiger partial charge >= 0.3 is 0 Å². The smallest absolute Gasteiger partial charge is 0.0620 e. The van der Waals surface area contributed by atoms with Crippen LogP contribution in [0.25, 0.3) is 38.1 Å². The molecule has 5 rings (SSSR count). The van der Waals surface area contributed by atoms with Crippen molar-refractivity contribution in [1.82, 2.24) is 4.40 Å². The van der Waals surface area contributed by atoms with E-state index in [1.54, 1.807) is 0 Å². The first kappa shape index (κ1) is 12.0. The lowest BCUT2D eigenvalue weighted by atomic mass is 10.0. The van der Waals surface area contributed by atoms with Gasteiger partial charge in [-0.1, -0.05) is 49.7 Å². The first-order valence-electron chi connectivity index (χ1n) is 8.04. The standard InChI is InChI=1S/C21H17N/c1-2-7-14-12-17-15-8-3-5-10-19(15)22-20-11-6-4-9-16(20)18(13-14)21(17)22/h3-6,8-13H,2,7H2,1H3. The second-order valence-corrected chi connectivity index (χ2v) is 6.16. The third kappa shape index (κ3) is 1.38. The van der Waals surface area contributed by atoms with Crippen LogP contribution in [-0.4, -0.2) is 4.40 Å². The number of benzene rings is 3. The third-order valence-electron chi connectivity index (χ3n) is 4.80. The zero-order valence-corrected chi connectivity index (χ0v) is 12.6. The third-order valence-corrected chi connectivity index (χ3v) is 4.80. The Kier molecular flexibility index (Phi) is 2.32. The van der Waals surface area contributed by atoms with Crippen molar-refractivity contribution in [2.24, 2.45) is 0 Å². The summed E-state index contributed by atoms with van der Waals surface area (Å²) in [6.45, 7) is 2.25. The Balaban J connectivity index is 2.14. The zero-order valence-electron chi connectivity index (χ0n) is 12.6. The van der Waals surface area contributed by atoms with E-state index in [9.17, 15) is 0 Å². The van der Waals surface area contributed by atoms with E-state index in [0.29, 0.717) is 0 Å². The van der Waals surface area contributed by atoms with Crippen molar-refractivity contribution in [2.45, 2.75) is 19.8 Å². The Hall–Kier alpha value is -2.54. The Morgan fingerprint density at radius 1 is 0.727 bits per heavy atom. The highest BCUT2D eigenvalue weighted by Gasteiger charge is 2.17. The van der Waals surface area contributed by atoms with Crippen molar-refractivity contribution < 1.29 is 0 Å². The Labute approximate surface area is 129 Å². The highest BCUT2D eigenvalue weighted by Crippen LogP contribution is 2.39. The van der Waals surface area contributed by atoms with Gasteiger partial charge in [-0.3, -0.25) is 0 Å². The molecule has 1 heteroatoms. The molecule has 0 spiro atoms. The maximum absolute atomic E-state index is 2.44. The predicted molar refractivity (Wildman–Crippen MR) is 95.1 cm³/mol. The van der Waals surface area contributed by atoms with Gasteiger partial charge in [0.15, 0.2) is 0 Å². The molecule has 0 atom stereocenters. The van der Waals surface area contributed by atoms with Crippen LogP contribution in [0, 0.1) is 0 Å². The SMILES string of the molecule is CCCc1cc2c3ccccc3n3c4ccccc4c(c1)c23. The van der Waals surface area contributed by atoms with Gasteiger partial charge in [0.2, 0.25) is 0 Å². The van der Waals surface area contributed by atoms with Crippen molar-refractivity contribution in [3.05, 3.63) is 66.2 Å². The van der Waals surface area contributed by atoms with Crippen LogP contribution in [0.15, 0.2) is 60.7 Å². The van der Waals surface area contributed by atoms with Crippen molar-refractivity contribution in [3.63, 3.8) is 0 Å². The van der Waals surface area contributed by atoms with E-state index < -0.39 is 0 Å². The fourth-order valence-corrected chi connectivity index (χ4v) is 3.94. The summed E-state index contributed by atoms with van der Waals surface area (Å²) in [6, 6.07) is 22.3. The first-order valence-corrected chi connectivity index (χ1v) is 8.04. The van der Waals surface area contributed by atoms with Gasteiger partial charge in [-0.15, -0.1) is 0 Å². The topological polar surface area (TPSA) is 4.41 Å².